The molecule has 27 heavy (non-hydrogen) atoms. The standard InChI is InChI=1S/C19H14F2N2O3S/c1-4-8-23-17-12(21)9-11(20)10-15(17)27-19(23)22-18(24)16-13(25-2)6-5-7-14(16)26-3/h1,5-7,9-10H,8H2,2-3H3. The lowest BCUT2D eigenvalue weighted by atomic mass is 10.1. The van der Waals surface area contributed by atoms with Crippen LogP contribution in [0.25, 0.3) is 10.2 Å². The van der Waals surface area contributed by atoms with E-state index in [9.17, 15) is 13.6 Å². The number of hydrogen-bond acceptors (Lipinski definition) is 4. The molecule has 3 rings (SSSR count). The number of benzene rings is 2. The average molecular weight is 388 g/mol. The number of hydrogen-bond donors (Lipinski definition) is 0. The zero-order chi connectivity index (χ0) is 19.6. The molecule has 0 aliphatic rings. The molecule has 0 radical (unpaired) electrons. The van der Waals surface area contributed by atoms with E-state index in [0.717, 1.165) is 17.4 Å². The molecule has 1 heterocycles. The topological polar surface area (TPSA) is 52.8 Å². The molecule has 0 atom stereocenters. The number of terminal acetylenes is 1. The maximum absolute atomic E-state index is 14.3. The predicted molar refractivity (Wildman–Crippen MR) is 98.0 cm³/mol. The Hall–Kier alpha value is -3.18. The number of carbonyl (C=O) groups is 1. The van der Waals surface area contributed by atoms with E-state index in [-0.39, 0.29) is 33.9 Å². The van der Waals surface area contributed by atoms with Crippen molar-refractivity contribution in [1.82, 2.24) is 4.57 Å². The predicted octanol–water partition coefficient (Wildman–Crippen LogP) is 3.37. The number of nitrogens with zero attached hydrogens (tertiary/aromatic N) is 2. The molecule has 0 unspecified atom stereocenters. The molecular formula is C19H14F2N2O3S. The van der Waals surface area contributed by atoms with Crippen LogP contribution in [-0.2, 0) is 6.54 Å². The minimum Gasteiger partial charge on any atom is -0.496 e. The summed E-state index contributed by atoms with van der Waals surface area (Å²) in [7, 11) is 2.84. The maximum atomic E-state index is 14.3. The summed E-state index contributed by atoms with van der Waals surface area (Å²) in [5.41, 5.74) is 0.219. The SMILES string of the molecule is C#CCn1c(=NC(=O)c2c(OC)cccc2OC)sc2cc(F)cc(F)c21. The molecule has 8 heteroatoms. The van der Waals surface area contributed by atoms with Crippen LogP contribution in [0.2, 0.25) is 0 Å². The van der Waals surface area contributed by atoms with Crippen LogP contribution in [-0.4, -0.2) is 24.7 Å². The summed E-state index contributed by atoms with van der Waals surface area (Å²) in [4.78, 5) is 17.0. The highest BCUT2D eigenvalue weighted by Gasteiger charge is 2.19. The summed E-state index contributed by atoms with van der Waals surface area (Å²) in [6, 6.07) is 6.80. The van der Waals surface area contributed by atoms with Gasteiger partial charge in [-0.2, -0.15) is 4.99 Å². The summed E-state index contributed by atoms with van der Waals surface area (Å²) in [6.07, 6.45) is 5.36. The molecule has 0 spiro atoms. The summed E-state index contributed by atoms with van der Waals surface area (Å²) in [6.45, 7) is -0.0300. The van der Waals surface area contributed by atoms with Gasteiger partial charge in [-0.25, -0.2) is 8.78 Å². The fraction of sp³-hybridized carbons (Fsp3) is 0.158. The Morgan fingerprint density at radius 1 is 1.26 bits per heavy atom. The van der Waals surface area contributed by atoms with Gasteiger partial charge in [-0.05, 0) is 18.2 Å². The van der Waals surface area contributed by atoms with E-state index in [1.807, 2.05) is 0 Å². The summed E-state index contributed by atoms with van der Waals surface area (Å²) in [5, 5.41) is 0. The molecule has 0 aliphatic carbocycles. The number of methoxy groups -OCH3 is 2. The van der Waals surface area contributed by atoms with Gasteiger partial charge >= 0.3 is 0 Å². The zero-order valence-corrected chi connectivity index (χ0v) is 15.3. The molecule has 0 saturated heterocycles. The third kappa shape index (κ3) is 3.41. The molecule has 0 bridgehead atoms. The van der Waals surface area contributed by atoms with Gasteiger partial charge in [0.25, 0.3) is 5.91 Å². The van der Waals surface area contributed by atoms with Crippen molar-refractivity contribution in [3.63, 3.8) is 0 Å². The molecule has 1 amide bonds. The van der Waals surface area contributed by atoms with Crippen molar-refractivity contribution in [2.45, 2.75) is 6.54 Å². The Balaban J connectivity index is 2.26. The number of rotatable bonds is 4. The number of thiazole rings is 1. The summed E-state index contributed by atoms with van der Waals surface area (Å²) in [5.74, 6) is 0.804. The number of carbonyl (C=O) groups excluding carboxylic acids is 1. The Labute approximate surface area is 157 Å². The first-order valence-electron chi connectivity index (χ1n) is 7.72. The Bertz CT molecular complexity index is 1120. The normalized spacial score (nSPS) is 11.4. The van der Waals surface area contributed by atoms with Crippen molar-refractivity contribution in [1.29, 1.82) is 0 Å². The third-order valence-electron chi connectivity index (χ3n) is 3.78. The molecule has 2 aromatic carbocycles. The van der Waals surface area contributed by atoms with E-state index in [1.54, 1.807) is 18.2 Å². The second-order valence-electron chi connectivity index (χ2n) is 5.36. The smallest absolute Gasteiger partial charge is 0.287 e. The van der Waals surface area contributed by atoms with E-state index in [4.69, 9.17) is 15.9 Å². The Morgan fingerprint density at radius 3 is 2.52 bits per heavy atom. The van der Waals surface area contributed by atoms with Gasteiger partial charge in [-0.15, -0.1) is 6.42 Å². The third-order valence-corrected chi connectivity index (χ3v) is 4.81. The van der Waals surface area contributed by atoms with Gasteiger partial charge in [0.15, 0.2) is 10.6 Å². The van der Waals surface area contributed by atoms with E-state index in [2.05, 4.69) is 10.9 Å². The Morgan fingerprint density at radius 2 is 1.93 bits per heavy atom. The van der Waals surface area contributed by atoms with E-state index < -0.39 is 17.5 Å². The van der Waals surface area contributed by atoms with Crippen LogP contribution in [0.5, 0.6) is 11.5 Å². The van der Waals surface area contributed by atoms with Crippen LogP contribution < -0.4 is 14.3 Å². The number of aromatic nitrogens is 1. The first kappa shape index (κ1) is 18.6. The van der Waals surface area contributed by atoms with Gasteiger partial charge in [0, 0.05) is 6.07 Å². The second kappa shape index (κ2) is 7.60. The molecule has 5 nitrogen and oxygen atoms in total. The molecule has 0 aliphatic heterocycles. The quantitative estimate of drug-likeness (QED) is 0.644. The van der Waals surface area contributed by atoms with Crippen LogP contribution >= 0.6 is 11.3 Å². The van der Waals surface area contributed by atoms with Crippen molar-refractivity contribution in [2.75, 3.05) is 14.2 Å². The van der Waals surface area contributed by atoms with Crippen molar-refractivity contribution >= 4 is 27.5 Å². The van der Waals surface area contributed by atoms with Crippen molar-refractivity contribution < 1.29 is 23.0 Å². The van der Waals surface area contributed by atoms with Gasteiger partial charge in [0.1, 0.15) is 22.9 Å². The van der Waals surface area contributed by atoms with Crippen LogP contribution in [0.3, 0.4) is 0 Å². The number of fused-ring (bicyclic) bond motifs is 1. The molecule has 0 N–H and O–H groups in total. The molecule has 138 valence electrons. The van der Waals surface area contributed by atoms with Gasteiger partial charge < -0.3 is 14.0 Å². The van der Waals surface area contributed by atoms with Crippen molar-refractivity contribution in [3.05, 3.63) is 52.3 Å². The Kier molecular flexibility index (Phi) is 5.23. The van der Waals surface area contributed by atoms with Crippen LogP contribution in [0, 0.1) is 24.0 Å². The lowest BCUT2D eigenvalue weighted by Crippen LogP contribution is -2.17. The summed E-state index contributed by atoms with van der Waals surface area (Å²) >= 11 is 0.960. The lowest BCUT2D eigenvalue weighted by molar-refractivity contribution is 0.0992. The van der Waals surface area contributed by atoms with E-state index in [1.165, 1.54) is 24.9 Å². The highest BCUT2D eigenvalue weighted by Crippen LogP contribution is 2.29. The first-order valence-corrected chi connectivity index (χ1v) is 8.53. The molecule has 1 aromatic heterocycles. The average Bonchev–Trinajstić information content (AvgIpc) is 2.98. The fourth-order valence-corrected chi connectivity index (χ4v) is 3.72. The van der Waals surface area contributed by atoms with E-state index in [0.29, 0.717) is 4.70 Å². The number of halogens is 2. The largest absolute Gasteiger partial charge is 0.496 e. The maximum Gasteiger partial charge on any atom is 0.287 e. The van der Waals surface area contributed by atoms with Crippen LogP contribution in [0.15, 0.2) is 35.3 Å². The minimum absolute atomic E-state index is 0.0300. The number of ether oxygens (including phenoxy) is 2. The van der Waals surface area contributed by atoms with Gasteiger partial charge in [0.05, 0.1) is 31.0 Å². The van der Waals surface area contributed by atoms with Crippen molar-refractivity contribution in [2.24, 2.45) is 4.99 Å². The zero-order valence-electron chi connectivity index (χ0n) is 14.5. The van der Waals surface area contributed by atoms with Crippen molar-refractivity contribution in [3.8, 4) is 23.8 Å². The second-order valence-corrected chi connectivity index (χ2v) is 6.37. The highest BCUT2D eigenvalue weighted by molar-refractivity contribution is 7.16. The molecule has 3 aromatic rings. The van der Waals surface area contributed by atoms with Gasteiger partial charge in [0.2, 0.25) is 0 Å². The minimum atomic E-state index is -0.778. The molecule has 0 fully saturated rings. The number of amides is 1. The first-order chi connectivity index (χ1) is 13.0. The highest BCUT2D eigenvalue weighted by atomic mass is 32.1. The molecular weight excluding hydrogens is 374 g/mol. The fourth-order valence-electron chi connectivity index (χ4n) is 2.66. The van der Waals surface area contributed by atoms with Crippen LogP contribution in [0.1, 0.15) is 10.4 Å². The van der Waals surface area contributed by atoms with Crippen LogP contribution in [0.4, 0.5) is 8.78 Å². The van der Waals surface area contributed by atoms with Gasteiger partial charge in [-0.1, -0.05) is 23.3 Å². The monoisotopic (exact) mass is 388 g/mol. The summed E-state index contributed by atoms with van der Waals surface area (Å²) < 4.78 is 39.9. The van der Waals surface area contributed by atoms with Gasteiger partial charge in [-0.3, -0.25) is 4.79 Å². The van der Waals surface area contributed by atoms with E-state index >= 15 is 0 Å². The molecule has 0 saturated carbocycles. The lowest BCUT2D eigenvalue weighted by Gasteiger charge is -2.09.